The Bertz CT molecular complexity index is 457. The molecule has 6 heteroatoms. The average Bonchev–Trinajstić information content (AvgIpc) is 2.37. The maximum absolute atomic E-state index is 12.5. The summed E-state index contributed by atoms with van der Waals surface area (Å²) in [6, 6.07) is 6.69. The van der Waals surface area contributed by atoms with E-state index in [1.807, 2.05) is 6.92 Å². The topological polar surface area (TPSA) is 40.5 Å². The van der Waals surface area contributed by atoms with Gasteiger partial charge in [-0.25, -0.2) is 0 Å². The zero-order valence-electron chi connectivity index (χ0n) is 12.2. The first kappa shape index (κ1) is 17.5. The van der Waals surface area contributed by atoms with E-state index in [9.17, 15) is 18.0 Å². The Morgan fingerprint density at radius 1 is 1.29 bits per heavy atom. The smallest absolute Gasteiger partial charge is 0.401 e. The zero-order valence-corrected chi connectivity index (χ0v) is 12.2. The third-order valence-corrected chi connectivity index (χ3v) is 3.20. The van der Waals surface area contributed by atoms with Crippen molar-refractivity contribution < 1.29 is 23.1 Å². The van der Waals surface area contributed by atoms with Crippen molar-refractivity contribution in [3.8, 4) is 0 Å². The standard InChI is InChI=1S/C15H20F3NO2/c1-3-8-19(10-15(16,17)18)9-12-4-6-13(7-5-12)11(2)14(20)21/h4-7,11H,3,8-10H2,1-2H3,(H,20,21). The van der Waals surface area contributed by atoms with Gasteiger partial charge in [0.15, 0.2) is 0 Å². The predicted octanol–water partition coefficient (Wildman–Crippen LogP) is 3.65. The molecule has 1 rings (SSSR count). The molecule has 0 aromatic heterocycles. The highest BCUT2D eigenvalue weighted by atomic mass is 19.4. The van der Waals surface area contributed by atoms with Crippen LogP contribution in [0.15, 0.2) is 24.3 Å². The summed E-state index contributed by atoms with van der Waals surface area (Å²) in [5.74, 6) is -1.55. The first-order valence-corrected chi connectivity index (χ1v) is 6.83. The lowest BCUT2D eigenvalue weighted by Crippen LogP contribution is -2.34. The number of carboxylic acid groups (broad SMARTS) is 1. The molecule has 1 unspecified atom stereocenters. The van der Waals surface area contributed by atoms with Crippen LogP contribution in [0.25, 0.3) is 0 Å². The summed E-state index contributed by atoms with van der Waals surface area (Å²) >= 11 is 0. The van der Waals surface area contributed by atoms with Crippen molar-refractivity contribution in [2.75, 3.05) is 13.1 Å². The van der Waals surface area contributed by atoms with Gasteiger partial charge in [0.05, 0.1) is 12.5 Å². The second-order valence-corrected chi connectivity index (χ2v) is 5.13. The summed E-state index contributed by atoms with van der Waals surface area (Å²) in [5, 5.41) is 8.91. The SMILES string of the molecule is CCCN(Cc1ccc(C(C)C(=O)O)cc1)CC(F)(F)F. The van der Waals surface area contributed by atoms with E-state index in [1.165, 1.54) is 4.90 Å². The van der Waals surface area contributed by atoms with Crippen LogP contribution in [0, 0.1) is 0 Å². The molecule has 0 heterocycles. The number of hydrogen-bond donors (Lipinski definition) is 1. The number of carbonyl (C=O) groups is 1. The first-order chi connectivity index (χ1) is 9.73. The van der Waals surface area contributed by atoms with Crippen molar-refractivity contribution in [3.63, 3.8) is 0 Å². The van der Waals surface area contributed by atoms with Crippen molar-refractivity contribution in [3.05, 3.63) is 35.4 Å². The number of nitrogens with zero attached hydrogens (tertiary/aromatic N) is 1. The van der Waals surface area contributed by atoms with Crippen LogP contribution in [-0.2, 0) is 11.3 Å². The van der Waals surface area contributed by atoms with Crippen molar-refractivity contribution in [2.24, 2.45) is 0 Å². The molecule has 0 aliphatic carbocycles. The monoisotopic (exact) mass is 303 g/mol. The lowest BCUT2D eigenvalue weighted by molar-refractivity contribution is -0.147. The molecular formula is C15H20F3NO2. The van der Waals surface area contributed by atoms with E-state index in [0.717, 1.165) is 5.56 Å². The van der Waals surface area contributed by atoms with Gasteiger partial charge < -0.3 is 5.11 Å². The Morgan fingerprint density at radius 3 is 2.29 bits per heavy atom. The number of aliphatic carboxylic acids is 1. The minimum atomic E-state index is -4.22. The molecule has 0 radical (unpaired) electrons. The second kappa shape index (κ2) is 7.45. The van der Waals surface area contributed by atoms with Crippen LogP contribution in [0.2, 0.25) is 0 Å². The van der Waals surface area contributed by atoms with E-state index in [-0.39, 0.29) is 6.54 Å². The average molecular weight is 303 g/mol. The number of benzene rings is 1. The lowest BCUT2D eigenvalue weighted by Gasteiger charge is -2.23. The Labute approximate surface area is 122 Å². The Hall–Kier alpha value is -1.56. The van der Waals surface area contributed by atoms with Crippen LogP contribution in [0.4, 0.5) is 13.2 Å². The molecule has 0 saturated heterocycles. The van der Waals surface area contributed by atoms with E-state index < -0.39 is 24.6 Å². The van der Waals surface area contributed by atoms with Gasteiger partial charge in [-0.05, 0) is 31.0 Å². The molecule has 0 fully saturated rings. The quantitative estimate of drug-likeness (QED) is 0.836. The molecule has 0 aliphatic rings. The third kappa shape index (κ3) is 6.16. The van der Waals surface area contributed by atoms with Gasteiger partial charge in [0, 0.05) is 6.54 Å². The minimum Gasteiger partial charge on any atom is -0.481 e. The highest BCUT2D eigenvalue weighted by molar-refractivity contribution is 5.75. The Morgan fingerprint density at radius 2 is 1.86 bits per heavy atom. The van der Waals surface area contributed by atoms with Gasteiger partial charge in [-0.2, -0.15) is 13.2 Å². The molecule has 3 nitrogen and oxygen atoms in total. The van der Waals surface area contributed by atoms with Gasteiger partial charge >= 0.3 is 12.1 Å². The summed E-state index contributed by atoms with van der Waals surface area (Å²) in [7, 11) is 0. The number of alkyl halides is 3. The van der Waals surface area contributed by atoms with Crippen LogP contribution >= 0.6 is 0 Å². The van der Waals surface area contributed by atoms with E-state index in [0.29, 0.717) is 18.5 Å². The number of rotatable bonds is 7. The molecule has 0 saturated carbocycles. The summed E-state index contributed by atoms with van der Waals surface area (Å²) < 4.78 is 37.5. The van der Waals surface area contributed by atoms with Crippen LogP contribution in [-0.4, -0.2) is 35.2 Å². The van der Waals surface area contributed by atoms with Crippen molar-refractivity contribution in [1.29, 1.82) is 0 Å². The van der Waals surface area contributed by atoms with Gasteiger partial charge in [-0.1, -0.05) is 31.2 Å². The molecule has 1 aromatic rings. The third-order valence-electron chi connectivity index (χ3n) is 3.20. The first-order valence-electron chi connectivity index (χ1n) is 6.83. The second-order valence-electron chi connectivity index (χ2n) is 5.13. The largest absolute Gasteiger partial charge is 0.481 e. The summed E-state index contributed by atoms with van der Waals surface area (Å²) in [4.78, 5) is 12.2. The molecule has 1 N–H and O–H groups in total. The van der Waals surface area contributed by atoms with Crippen LogP contribution < -0.4 is 0 Å². The lowest BCUT2D eigenvalue weighted by atomic mass is 10.00. The fourth-order valence-electron chi connectivity index (χ4n) is 2.10. The van der Waals surface area contributed by atoms with E-state index >= 15 is 0 Å². The minimum absolute atomic E-state index is 0.203. The maximum atomic E-state index is 12.5. The van der Waals surface area contributed by atoms with Crippen LogP contribution in [0.3, 0.4) is 0 Å². The fraction of sp³-hybridized carbons (Fsp3) is 0.533. The van der Waals surface area contributed by atoms with Crippen LogP contribution in [0.5, 0.6) is 0 Å². The number of hydrogen-bond acceptors (Lipinski definition) is 2. The predicted molar refractivity (Wildman–Crippen MR) is 74.1 cm³/mol. The molecule has 21 heavy (non-hydrogen) atoms. The number of carboxylic acids is 1. The number of halogens is 3. The van der Waals surface area contributed by atoms with Gasteiger partial charge in [0.25, 0.3) is 0 Å². The fourth-order valence-corrected chi connectivity index (χ4v) is 2.10. The molecule has 0 spiro atoms. The highest BCUT2D eigenvalue weighted by Gasteiger charge is 2.30. The van der Waals surface area contributed by atoms with E-state index in [4.69, 9.17) is 5.11 Å². The molecular weight excluding hydrogens is 283 g/mol. The van der Waals surface area contributed by atoms with Crippen molar-refractivity contribution in [1.82, 2.24) is 4.90 Å². The van der Waals surface area contributed by atoms with Crippen LogP contribution in [0.1, 0.15) is 37.3 Å². The van der Waals surface area contributed by atoms with Crippen molar-refractivity contribution in [2.45, 2.75) is 38.9 Å². The normalized spacial score (nSPS) is 13.4. The van der Waals surface area contributed by atoms with Crippen molar-refractivity contribution >= 4 is 5.97 Å². The summed E-state index contributed by atoms with van der Waals surface area (Å²) in [5.41, 5.74) is 1.39. The zero-order chi connectivity index (χ0) is 16.0. The molecule has 0 aliphatic heterocycles. The van der Waals surface area contributed by atoms with Gasteiger partial charge in [0.2, 0.25) is 0 Å². The maximum Gasteiger partial charge on any atom is 0.401 e. The Balaban J connectivity index is 2.74. The summed E-state index contributed by atoms with van der Waals surface area (Å²) in [6.45, 7) is 3.04. The molecule has 0 bridgehead atoms. The molecule has 118 valence electrons. The van der Waals surface area contributed by atoms with Gasteiger partial charge in [-0.15, -0.1) is 0 Å². The summed E-state index contributed by atoms with van der Waals surface area (Å²) in [6.07, 6.45) is -3.57. The van der Waals surface area contributed by atoms with E-state index in [2.05, 4.69) is 0 Å². The molecule has 1 atom stereocenters. The van der Waals surface area contributed by atoms with Gasteiger partial charge in [-0.3, -0.25) is 9.69 Å². The molecule has 0 amide bonds. The Kier molecular flexibility index (Phi) is 6.20. The highest BCUT2D eigenvalue weighted by Crippen LogP contribution is 2.20. The molecule has 1 aromatic carbocycles. The van der Waals surface area contributed by atoms with E-state index in [1.54, 1.807) is 31.2 Å². The van der Waals surface area contributed by atoms with Gasteiger partial charge in [0.1, 0.15) is 0 Å².